The highest BCUT2D eigenvalue weighted by molar-refractivity contribution is 6.31. The zero-order chi connectivity index (χ0) is 14.3. The maximum Gasteiger partial charge on any atom is 0.407 e. The Morgan fingerprint density at radius 3 is 2.68 bits per heavy atom. The molecule has 0 saturated heterocycles. The summed E-state index contributed by atoms with van der Waals surface area (Å²) in [6.07, 6.45) is -1.52. The first-order valence-electron chi connectivity index (χ1n) is 5.83. The van der Waals surface area contributed by atoms with Crippen LogP contribution in [0.5, 0.6) is 0 Å². The Morgan fingerprint density at radius 2 is 2.11 bits per heavy atom. The Hall–Kier alpha value is -1.30. The van der Waals surface area contributed by atoms with E-state index in [0.29, 0.717) is 5.02 Å². The minimum absolute atomic E-state index is 0.0807. The largest absolute Gasteiger partial charge is 0.443 e. The van der Waals surface area contributed by atoms with Gasteiger partial charge in [0.05, 0.1) is 0 Å². The lowest BCUT2D eigenvalue weighted by molar-refractivity contribution is -0.111. The van der Waals surface area contributed by atoms with Crippen molar-refractivity contribution in [3.8, 4) is 0 Å². The molecular formula is C13H18ClNO4. The van der Waals surface area contributed by atoms with E-state index in [-0.39, 0.29) is 6.79 Å². The number of nitrogens with one attached hydrogen (secondary N) is 1. The highest BCUT2D eigenvalue weighted by Gasteiger charge is 2.25. The molecule has 19 heavy (non-hydrogen) atoms. The molecule has 1 aromatic carbocycles. The van der Waals surface area contributed by atoms with E-state index in [0.717, 1.165) is 5.56 Å². The first-order chi connectivity index (χ1) is 9.10. The number of methoxy groups -OCH3 is 1. The molecule has 106 valence electrons. The predicted molar refractivity (Wildman–Crippen MR) is 72.2 cm³/mol. The highest BCUT2D eigenvalue weighted by atomic mass is 35.5. The molecule has 0 aliphatic rings. The van der Waals surface area contributed by atoms with Gasteiger partial charge >= 0.3 is 6.09 Å². The molecule has 0 aliphatic heterocycles. The number of alkyl carbamates (subject to hydrolysis) is 1. The lowest BCUT2D eigenvalue weighted by atomic mass is 10.1. The second kappa shape index (κ2) is 7.99. The minimum Gasteiger partial charge on any atom is -0.443 e. The second-order valence-electron chi connectivity index (χ2n) is 3.88. The number of amides is 1. The van der Waals surface area contributed by atoms with E-state index in [9.17, 15) is 4.79 Å². The topological polar surface area (TPSA) is 56.8 Å². The number of halogens is 1. The van der Waals surface area contributed by atoms with Gasteiger partial charge in [0.15, 0.2) is 0 Å². The molecule has 0 heterocycles. The summed E-state index contributed by atoms with van der Waals surface area (Å²) in [7, 11) is 3.02. The summed E-state index contributed by atoms with van der Waals surface area (Å²) in [5, 5.41) is 2.94. The molecule has 5 nitrogen and oxygen atoms in total. The van der Waals surface area contributed by atoms with Gasteiger partial charge < -0.3 is 19.5 Å². The fourth-order valence-corrected chi connectivity index (χ4v) is 1.86. The number of ether oxygens (including phenoxy) is 3. The van der Waals surface area contributed by atoms with Gasteiger partial charge in [-0.05, 0) is 13.0 Å². The summed E-state index contributed by atoms with van der Waals surface area (Å²) in [6, 6.07) is 7.25. The van der Waals surface area contributed by atoms with Crippen LogP contribution in [0.15, 0.2) is 24.3 Å². The molecule has 1 rings (SSSR count). The van der Waals surface area contributed by atoms with Crippen molar-refractivity contribution in [3.05, 3.63) is 34.9 Å². The van der Waals surface area contributed by atoms with Crippen molar-refractivity contribution in [3.63, 3.8) is 0 Å². The number of benzene rings is 1. The van der Waals surface area contributed by atoms with Crippen LogP contribution in [0.4, 0.5) is 4.79 Å². The first kappa shape index (κ1) is 15.8. The van der Waals surface area contributed by atoms with Crippen LogP contribution in [0.2, 0.25) is 5.02 Å². The van der Waals surface area contributed by atoms with Gasteiger partial charge in [-0.2, -0.15) is 0 Å². The predicted octanol–water partition coefficient (Wildman–Crippen LogP) is 2.75. The summed E-state index contributed by atoms with van der Waals surface area (Å²) in [6.45, 7) is 1.82. The average molecular weight is 288 g/mol. The molecular weight excluding hydrogens is 270 g/mol. The van der Waals surface area contributed by atoms with Crippen molar-refractivity contribution in [1.82, 2.24) is 5.32 Å². The smallest absolute Gasteiger partial charge is 0.407 e. The molecule has 1 amide bonds. The summed E-state index contributed by atoms with van der Waals surface area (Å²) >= 11 is 6.14. The van der Waals surface area contributed by atoms with Crippen molar-refractivity contribution in [1.29, 1.82) is 0 Å². The third-order valence-corrected chi connectivity index (χ3v) is 2.84. The van der Waals surface area contributed by atoms with Crippen LogP contribution in [0.3, 0.4) is 0 Å². The van der Waals surface area contributed by atoms with Crippen LogP contribution >= 0.6 is 11.6 Å². The van der Waals surface area contributed by atoms with Gasteiger partial charge in [0.2, 0.25) is 0 Å². The molecule has 1 N–H and O–H groups in total. The van der Waals surface area contributed by atoms with Gasteiger partial charge in [0.1, 0.15) is 19.0 Å². The summed E-state index contributed by atoms with van der Waals surface area (Å²) in [5.41, 5.74) is 0.748. The molecule has 0 unspecified atom stereocenters. The van der Waals surface area contributed by atoms with E-state index in [1.165, 1.54) is 14.2 Å². The van der Waals surface area contributed by atoms with Crippen LogP contribution < -0.4 is 5.32 Å². The van der Waals surface area contributed by atoms with Crippen molar-refractivity contribution >= 4 is 17.7 Å². The lowest BCUT2D eigenvalue weighted by Crippen LogP contribution is -2.30. The van der Waals surface area contributed by atoms with E-state index < -0.39 is 18.3 Å². The Labute approximate surface area is 117 Å². The molecule has 2 atom stereocenters. The third kappa shape index (κ3) is 4.70. The van der Waals surface area contributed by atoms with Crippen molar-refractivity contribution in [2.24, 2.45) is 0 Å². The van der Waals surface area contributed by atoms with Gasteiger partial charge in [-0.25, -0.2) is 4.79 Å². The van der Waals surface area contributed by atoms with E-state index in [1.807, 2.05) is 18.2 Å². The van der Waals surface area contributed by atoms with Crippen molar-refractivity contribution < 1.29 is 19.0 Å². The molecule has 0 aromatic heterocycles. The number of hydrogen-bond donors (Lipinski definition) is 1. The zero-order valence-electron chi connectivity index (χ0n) is 11.2. The fraction of sp³-hybridized carbons (Fsp3) is 0.462. The third-order valence-electron chi connectivity index (χ3n) is 2.50. The van der Waals surface area contributed by atoms with Gasteiger partial charge in [-0.1, -0.05) is 29.8 Å². The van der Waals surface area contributed by atoms with Crippen molar-refractivity contribution in [2.75, 3.05) is 21.0 Å². The Bertz CT molecular complexity index is 413. The van der Waals surface area contributed by atoms with Crippen LogP contribution in [0, 0.1) is 0 Å². The first-order valence-corrected chi connectivity index (χ1v) is 6.21. The monoisotopic (exact) mass is 287 g/mol. The molecule has 0 bridgehead atoms. The maximum atomic E-state index is 11.3. The van der Waals surface area contributed by atoms with E-state index in [4.69, 9.17) is 25.8 Å². The number of hydrogen-bond acceptors (Lipinski definition) is 4. The summed E-state index contributed by atoms with van der Waals surface area (Å²) in [5.74, 6) is 0. The number of carbonyl (C=O) groups is 1. The molecule has 0 spiro atoms. The average Bonchev–Trinajstić information content (AvgIpc) is 2.40. The van der Waals surface area contributed by atoms with Crippen LogP contribution in [-0.4, -0.2) is 33.1 Å². The Morgan fingerprint density at radius 1 is 1.42 bits per heavy atom. The van der Waals surface area contributed by atoms with E-state index in [2.05, 4.69) is 5.32 Å². The Kier molecular flexibility index (Phi) is 6.62. The minimum atomic E-state index is -0.523. The maximum absolute atomic E-state index is 11.3. The van der Waals surface area contributed by atoms with Crippen LogP contribution in [0.25, 0.3) is 0 Å². The van der Waals surface area contributed by atoms with Gasteiger partial charge in [-0.3, -0.25) is 0 Å². The quantitative estimate of drug-likeness (QED) is 0.818. The molecule has 0 saturated carbocycles. The van der Waals surface area contributed by atoms with E-state index >= 15 is 0 Å². The van der Waals surface area contributed by atoms with Gasteiger partial charge in [0.25, 0.3) is 0 Å². The summed E-state index contributed by atoms with van der Waals surface area (Å²) in [4.78, 5) is 11.3. The van der Waals surface area contributed by atoms with Crippen molar-refractivity contribution in [2.45, 2.75) is 19.1 Å². The molecule has 0 radical (unpaired) electrons. The van der Waals surface area contributed by atoms with Gasteiger partial charge in [-0.15, -0.1) is 0 Å². The summed E-state index contributed by atoms with van der Waals surface area (Å²) < 4.78 is 15.6. The Balaban J connectivity index is 2.88. The standard InChI is InChI=1S/C13H18ClNO4/c1-9(19-13(16)15-2)12(18-8-17-3)10-6-4-5-7-11(10)14/h4-7,9,12H,8H2,1-3H3,(H,15,16)/t9-,12+/m0/s1. The van der Waals surface area contributed by atoms with Crippen LogP contribution in [0.1, 0.15) is 18.6 Å². The second-order valence-corrected chi connectivity index (χ2v) is 4.28. The normalized spacial score (nSPS) is 13.7. The molecule has 1 aromatic rings. The molecule has 0 aliphatic carbocycles. The van der Waals surface area contributed by atoms with Crippen LogP contribution in [-0.2, 0) is 14.2 Å². The lowest BCUT2D eigenvalue weighted by Gasteiger charge is -2.25. The number of carbonyl (C=O) groups excluding carboxylic acids is 1. The SMILES string of the molecule is CNC(=O)O[C@@H](C)[C@@H](OCOC)c1ccccc1Cl. The van der Waals surface area contributed by atoms with E-state index in [1.54, 1.807) is 13.0 Å². The molecule has 6 heteroatoms. The molecule has 0 fully saturated rings. The zero-order valence-corrected chi connectivity index (χ0v) is 11.9. The van der Waals surface area contributed by atoms with Gasteiger partial charge in [0, 0.05) is 24.7 Å². The highest BCUT2D eigenvalue weighted by Crippen LogP contribution is 2.29. The fourth-order valence-electron chi connectivity index (χ4n) is 1.61. The number of rotatable bonds is 6.